The minimum Gasteiger partial charge on any atom is -0.489 e. The Kier molecular flexibility index (Phi) is 4.61. The van der Waals surface area contributed by atoms with E-state index in [-0.39, 0.29) is 24.7 Å². The molecule has 0 radical (unpaired) electrons. The van der Waals surface area contributed by atoms with E-state index >= 15 is 0 Å². The van der Waals surface area contributed by atoms with E-state index in [9.17, 15) is 14.3 Å². The normalized spacial score (nSPS) is 25.6. The number of nitrogens with zero attached hydrogens (tertiary/aromatic N) is 1. The van der Waals surface area contributed by atoms with Gasteiger partial charge in [-0.15, -0.1) is 0 Å². The van der Waals surface area contributed by atoms with Gasteiger partial charge in [0.1, 0.15) is 18.2 Å². The smallest absolute Gasteiger partial charge is 0.250 e. The molecule has 5 rings (SSSR count). The van der Waals surface area contributed by atoms with E-state index in [4.69, 9.17) is 14.2 Å². The predicted molar refractivity (Wildman–Crippen MR) is 108 cm³/mol. The summed E-state index contributed by atoms with van der Waals surface area (Å²) in [6.07, 6.45) is -0.0316. The second-order valence-electron chi connectivity index (χ2n) is 8.05. The van der Waals surface area contributed by atoms with Crippen molar-refractivity contribution < 1.29 is 23.7 Å². The van der Waals surface area contributed by atoms with Crippen LogP contribution in [0.5, 0.6) is 5.75 Å². The maximum absolute atomic E-state index is 14.3. The van der Waals surface area contributed by atoms with Crippen molar-refractivity contribution in [2.45, 2.75) is 37.4 Å². The van der Waals surface area contributed by atoms with Crippen LogP contribution in [0.15, 0.2) is 53.3 Å². The van der Waals surface area contributed by atoms with E-state index < -0.39 is 17.7 Å². The van der Waals surface area contributed by atoms with Gasteiger partial charge in [-0.3, -0.25) is 4.79 Å². The maximum Gasteiger partial charge on any atom is 0.250 e. The molecule has 2 aromatic carbocycles. The summed E-state index contributed by atoms with van der Waals surface area (Å²) in [5.74, 6) is -0.122. The Labute approximate surface area is 172 Å². The minimum absolute atomic E-state index is 0.0660. The molecule has 7 heteroatoms. The van der Waals surface area contributed by atoms with Crippen LogP contribution in [0.2, 0.25) is 0 Å². The summed E-state index contributed by atoms with van der Waals surface area (Å²) in [6.45, 7) is 0.677. The molecule has 0 amide bonds. The van der Waals surface area contributed by atoms with Crippen LogP contribution in [0, 0.1) is 5.82 Å². The van der Waals surface area contributed by atoms with Gasteiger partial charge in [0.05, 0.1) is 23.8 Å². The Bertz CT molecular complexity index is 1160. The third kappa shape index (κ3) is 3.49. The molecule has 0 saturated carbocycles. The predicted octanol–water partition coefficient (Wildman–Crippen LogP) is 2.98. The highest BCUT2D eigenvalue weighted by atomic mass is 19.1. The lowest BCUT2D eigenvalue weighted by Gasteiger charge is -2.35. The molecule has 3 aromatic rings. The highest BCUT2D eigenvalue weighted by Crippen LogP contribution is 2.42. The fourth-order valence-corrected chi connectivity index (χ4v) is 4.30. The van der Waals surface area contributed by atoms with E-state index in [1.54, 1.807) is 23.7 Å². The van der Waals surface area contributed by atoms with Crippen molar-refractivity contribution in [2.75, 3.05) is 6.61 Å². The van der Waals surface area contributed by atoms with Crippen molar-refractivity contribution in [2.24, 2.45) is 7.05 Å². The van der Waals surface area contributed by atoms with Gasteiger partial charge >= 0.3 is 0 Å². The average Bonchev–Trinajstić information content (AvgIpc) is 3.07. The fraction of sp³-hybridized carbons (Fsp3) is 0.348. The van der Waals surface area contributed by atoms with Crippen LogP contribution in [0.3, 0.4) is 0 Å². The van der Waals surface area contributed by atoms with Crippen molar-refractivity contribution in [3.63, 3.8) is 0 Å². The summed E-state index contributed by atoms with van der Waals surface area (Å²) in [5, 5.41) is 12.0. The summed E-state index contributed by atoms with van der Waals surface area (Å²) in [4.78, 5) is 11.8. The van der Waals surface area contributed by atoms with Gasteiger partial charge in [-0.25, -0.2) is 4.39 Å². The molecular weight excluding hydrogens is 389 g/mol. The molecule has 6 nitrogen and oxygen atoms in total. The lowest BCUT2D eigenvalue weighted by atomic mass is 9.84. The third-order valence-corrected chi connectivity index (χ3v) is 5.89. The molecule has 30 heavy (non-hydrogen) atoms. The van der Waals surface area contributed by atoms with Crippen molar-refractivity contribution >= 4 is 10.9 Å². The zero-order valence-electron chi connectivity index (χ0n) is 16.5. The molecule has 2 aliphatic rings. The van der Waals surface area contributed by atoms with Crippen LogP contribution in [-0.4, -0.2) is 28.7 Å². The van der Waals surface area contributed by atoms with Crippen molar-refractivity contribution in [1.82, 2.24) is 4.57 Å². The molecule has 2 fully saturated rings. The molecule has 3 unspecified atom stereocenters. The highest BCUT2D eigenvalue weighted by molar-refractivity contribution is 5.79. The van der Waals surface area contributed by atoms with Crippen LogP contribution in [0.25, 0.3) is 10.9 Å². The second kappa shape index (κ2) is 7.19. The number of halogens is 1. The third-order valence-electron chi connectivity index (χ3n) is 5.89. The molecule has 2 aliphatic heterocycles. The van der Waals surface area contributed by atoms with Gasteiger partial charge in [-0.2, -0.15) is 0 Å². The van der Waals surface area contributed by atoms with Crippen molar-refractivity contribution in [3.8, 4) is 5.75 Å². The van der Waals surface area contributed by atoms with Crippen LogP contribution < -0.4 is 10.3 Å². The zero-order chi connectivity index (χ0) is 20.9. The first-order valence-corrected chi connectivity index (χ1v) is 9.92. The van der Waals surface area contributed by atoms with Crippen LogP contribution in [-0.2, 0) is 28.7 Å². The first kappa shape index (κ1) is 19.2. The van der Waals surface area contributed by atoms with Crippen molar-refractivity contribution in [3.05, 3.63) is 75.8 Å². The van der Waals surface area contributed by atoms with Gasteiger partial charge in [0.2, 0.25) is 0 Å². The Morgan fingerprint density at radius 2 is 2.07 bits per heavy atom. The molecule has 1 aromatic heterocycles. The average molecular weight is 411 g/mol. The first-order valence-electron chi connectivity index (χ1n) is 9.92. The Balaban J connectivity index is 1.37. The molecular formula is C23H22FNO5. The van der Waals surface area contributed by atoms with Gasteiger partial charge in [-0.05, 0) is 46.8 Å². The molecule has 2 bridgehead atoms. The number of ether oxygens (including phenoxy) is 3. The molecule has 1 N–H and O–H groups in total. The summed E-state index contributed by atoms with van der Waals surface area (Å²) < 4.78 is 32.8. The highest BCUT2D eigenvalue weighted by Gasteiger charge is 2.46. The maximum atomic E-state index is 14.3. The lowest BCUT2D eigenvalue weighted by Crippen LogP contribution is -2.39. The number of hydrogen-bond acceptors (Lipinski definition) is 5. The van der Waals surface area contributed by atoms with Crippen LogP contribution in [0.4, 0.5) is 4.39 Å². The number of hydrogen-bond donors (Lipinski definition) is 1. The van der Waals surface area contributed by atoms with Crippen LogP contribution in [0.1, 0.15) is 24.0 Å². The summed E-state index contributed by atoms with van der Waals surface area (Å²) in [5.41, 5.74) is 0.914. The largest absolute Gasteiger partial charge is 0.489 e. The van der Waals surface area contributed by atoms with Gasteiger partial charge in [0, 0.05) is 32.0 Å². The molecule has 0 spiro atoms. The molecule has 156 valence electrons. The van der Waals surface area contributed by atoms with Gasteiger partial charge in [-0.1, -0.05) is 6.07 Å². The lowest BCUT2D eigenvalue weighted by molar-refractivity contribution is -0.159. The first-order chi connectivity index (χ1) is 14.4. The Hall–Kier alpha value is -2.74. The molecule has 3 heterocycles. The standard InChI is InChI=1S/C23H22FNO5/c1-25-20-4-2-14(6-15(20)3-5-21(25)26)12-28-18-8-16(7-17(24)9-18)23(27)10-19-13-29-22(11-23)30-19/h2-9,19,22,27H,10-13H2,1H3. The van der Waals surface area contributed by atoms with E-state index in [1.807, 2.05) is 18.2 Å². The van der Waals surface area contributed by atoms with E-state index in [1.165, 1.54) is 18.2 Å². The van der Waals surface area contributed by atoms with E-state index in [0.717, 1.165) is 16.5 Å². The number of fused-ring (bicyclic) bond motifs is 3. The van der Waals surface area contributed by atoms with Gasteiger partial charge < -0.3 is 23.9 Å². The summed E-state index contributed by atoms with van der Waals surface area (Å²) >= 11 is 0. The van der Waals surface area contributed by atoms with Crippen LogP contribution >= 0.6 is 0 Å². The van der Waals surface area contributed by atoms with E-state index in [0.29, 0.717) is 24.3 Å². The minimum atomic E-state index is -1.21. The Morgan fingerprint density at radius 1 is 1.20 bits per heavy atom. The number of rotatable bonds is 4. The second-order valence-corrected chi connectivity index (χ2v) is 8.05. The SMILES string of the molecule is Cn1c(=O)ccc2cc(COc3cc(F)cc(C4(O)CC5COC(C4)O5)c3)ccc21. The Morgan fingerprint density at radius 3 is 2.90 bits per heavy atom. The van der Waals surface area contributed by atoms with Crippen molar-refractivity contribution in [1.29, 1.82) is 0 Å². The number of aromatic nitrogens is 1. The molecule has 3 atom stereocenters. The van der Waals surface area contributed by atoms with Gasteiger partial charge in [0.15, 0.2) is 6.29 Å². The van der Waals surface area contributed by atoms with Gasteiger partial charge in [0.25, 0.3) is 5.56 Å². The molecule has 0 aliphatic carbocycles. The fourth-order valence-electron chi connectivity index (χ4n) is 4.30. The number of pyridine rings is 1. The number of aryl methyl sites for hydroxylation is 1. The number of aliphatic hydroxyl groups is 1. The monoisotopic (exact) mass is 411 g/mol. The number of benzene rings is 2. The summed E-state index contributed by atoms with van der Waals surface area (Å²) in [6, 6.07) is 13.3. The topological polar surface area (TPSA) is 69.9 Å². The van der Waals surface area contributed by atoms with E-state index in [2.05, 4.69) is 0 Å². The molecule has 2 saturated heterocycles. The zero-order valence-corrected chi connectivity index (χ0v) is 16.5. The quantitative estimate of drug-likeness (QED) is 0.715. The summed E-state index contributed by atoms with van der Waals surface area (Å²) in [7, 11) is 1.73.